The Balaban J connectivity index is 2.05. The van der Waals surface area contributed by atoms with E-state index in [1.807, 2.05) is 18.3 Å². The summed E-state index contributed by atoms with van der Waals surface area (Å²) in [5.74, 6) is 0.832. The first kappa shape index (κ1) is 10.2. The van der Waals surface area contributed by atoms with E-state index in [0.717, 1.165) is 18.1 Å². The fourth-order valence-corrected chi connectivity index (χ4v) is 2.44. The lowest BCUT2D eigenvalue weighted by Gasteiger charge is -2.02. The molecule has 2 rings (SSSR count). The Morgan fingerprint density at radius 3 is 2.67 bits per heavy atom. The van der Waals surface area contributed by atoms with Crippen molar-refractivity contribution in [2.75, 3.05) is 5.32 Å². The molecule has 15 heavy (non-hydrogen) atoms. The van der Waals surface area contributed by atoms with Gasteiger partial charge < -0.3 is 5.32 Å². The molecule has 0 bridgehead atoms. The van der Waals surface area contributed by atoms with E-state index in [4.69, 9.17) is 0 Å². The molecule has 0 aliphatic heterocycles. The lowest BCUT2D eigenvalue weighted by atomic mass is 10.2. The van der Waals surface area contributed by atoms with E-state index in [1.54, 1.807) is 0 Å². The molecule has 0 aliphatic carbocycles. The fraction of sp³-hybridized carbons (Fsp3) is 0.400. The Bertz CT molecular complexity index is 458. The van der Waals surface area contributed by atoms with Gasteiger partial charge in [-0.25, -0.2) is 0 Å². The molecule has 0 saturated heterocycles. The van der Waals surface area contributed by atoms with Crippen molar-refractivity contribution in [1.82, 2.24) is 15.4 Å². The number of hydrogen-bond acceptors (Lipinski definition) is 4. The molecule has 0 radical (unpaired) electrons. The summed E-state index contributed by atoms with van der Waals surface area (Å²) in [6, 6.07) is 2.21. The number of hydrogen-bond donors (Lipinski definition) is 2. The molecular weight excluding hydrogens is 208 g/mol. The molecule has 0 fully saturated rings. The van der Waals surface area contributed by atoms with E-state index < -0.39 is 0 Å². The van der Waals surface area contributed by atoms with Crippen LogP contribution in [0.25, 0.3) is 0 Å². The lowest BCUT2D eigenvalue weighted by Crippen LogP contribution is -2.00. The van der Waals surface area contributed by atoms with Gasteiger partial charge in [-0.15, -0.1) is 16.4 Å². The molecule has 4 nitrogen and oxygen atoms in total. The summed E-state index contributed by atoms with van der Waals surface area (Å²) in [6.45, 7) is 7.01. The number of aryl methyl sites for hydroxylation is 3. The van der Waals surface area contributed by atoms with Gasteiger partial charge in [-0.05, 0) is 32.4 Å². The average Bonchev–Trinajstić information content (AvgIpc) is 2.70. The molecule has 0 atom stereocenters. The third kappa shape index (κ3) is 2.18. The van der Waals surface area contributed by atoms with Crippen molar-refractivity contribution in [3.05, 3.63) is 27.1 Å². The van der Waals surface area contributed by atoms with Crippen LogP contribution in [0.4, 0.5) is 5.82 Å². The van der Waals surface area contributed by atoms with E-state index in [0.29, 0.717) is 0 Å². The number of nitrogens with zero attached hydrogens (tertiary/aromatic N) is 2. The Hall–Kier alpha value is -1.36. The second-order valence-electron chi connectivity index (χ2n) is 3.55. The van der Waals surface area contributed by atoms with Crippen LogP contribution in [0.15, 0.2) is 6.07 Å². The highest BCUT2D eigenvalue weighted by Crippen LogP contribution is 2.21. The second kappa shape index (κ2) is 4.02. The van der Waals surface area contributed by atoms with Gasteiger partial charge in [0.15, 0.2) is 5.82 Å². The Kier molecular flexibility index (Phi) is 2.73. The molecule has 2 heterocycles. The zero-order valence-electron chi connectivity index (χ0n) is 9.09. The average molecular weight is 222 g/mol. The highest BCUT2D eigenvalue weighted by Gasteiger charge is 2.05. The standard InChI is InChI=1S/C10H14N4S/c1-6-4-9(8(3)15-6)5-11-10-7(2)12-14-13-10/h4H,5H2,1-3H3,(H2,11,12,13,14). The minimum absolute atomic E-state index is 0.809. The quantitative estimate of drug-likeness (QED) is 0.838. The van der Waals surface area contributed by atoms with Crippen molar-refractivity contribution in [2.24, 2.45) is 0 Å². The van der Waals surface area contributed by atoms with Gasteiger partial charge in [0.2, 0.25) is 0 Å². The SMILES string of the molecule is Cc1cc(CNc2n[nH]nc2C)c(C)s1. The Morgan fingerprint density at radius 1 is 1.33 bits per heavy atom. The first-order valence-electron chi connectivity index (χ1n) is 4.84. The van der Waals surface area contributed by atoms with Crippen molar-refractivity contribution in [1.29, 1.82) is 0 Å². The summed E-state index contributed by atoms with van der Waals surface area (Å²) >= 11 is 1.83. The summed E-state index contributed by atoms with van der Waals surface area (Å²) in [7, 11) is 0. The van der Waals surface area contributed by atoms with Gasteiger partial charge in [0, 0.05) is 16.3 Å². The molecule has 2 N–H and O–H groups in total. The van der Waals surface area contributed by atoms with Crippen LogP contribution in [-0.2, 0) is 6.54 Å². The topological polar surface area (TPSA) is 53.6 Å². The smallest absolute Gasteiger partial charge is 0.171 e. The lowest BCUT2D eigenvalue weighted by molar-refractivity contribution is 0.926. The summed E-state index contributed by atoms with van der Waals surface area (Å²) in [5.41, 5.74) is 2.24. The molecule has 0 amide bonds. The van der Waals surface area contributed by atoms with Crippen LogP contribution < -0.4 is 5.32 Å². The summed E-state index contributed by atoms with van der Waals surface area (Å²) in [5, 5.41) is 13.8. The zero-order valence-corrected chi connectivity index (χ0v) is 9.90. The molecule has 0 spiro atoms. The molecule has 2 aromatic heterocycles. The number of H-pyrrole nitrogens is 1. The third-order valence-electron chi connectivity index (χ3n) is 2.31. The van der Waals surface area contributed by atoms with Gasteiger partial charge in [0.05, 0.1) is 0 Å². The molecule has 5 heteroatoms. The van der Waals surface area contributed by atoms with Gasteiger partial charge in [-0.2, -0.15) is 10.3 Å². The van der Waals surface area contributed by atoms with Crippen LogP contribution in [-0.4, -0.2) is 15.4 Å². The van der Waals surface area contributed by atoms with E-state index in [2.05, 4.69) is 40.6 Å². The van der Waals surface area contributed by atoms with Crippen molar-refractivity contribution in [3.8, 4) is 0 Å². The summed E-state index contributed by atoms with van der Waals surface area (Å²) in [4.78, 5) is 2.71. The number of anilines is 1. The van der Waals surface area contributed by atoms with Crippen molar-refractivity contribution < 1.29 is 0 Å². The molecule has 0 unspecified atom stereocenters. The number of aromatic nitrogens is 3. The van der Waals surface area contributed by atoms with Crippen LogP contribution in [0.1, 0.15) is 21.0 Å². The number of rotatable bonds is 3. The molecule has 0 aromatic carbocycles. The first-order chi connectivity index (χ1) is 7.16. The Labute approximate surface area is 92.7 Å². The van der Waals surface area contributed by atoms with Crippen molar-refractivity contribution >= 4 is 17.2 Å². The van der Waals surface area contributed by atoms with Crippen LogP contribution in [0, 0.1) is 20.8 Å². The maximum atomic E-state index is 4.02. The highest BCUT2D eigenvalue weighted by atomic mass is 32.1. The third-order valence-corrected chi connectivity index (χ3v) is 3.32. The fourth-order valence-electron chi connectivity index (χ4n) is 1.49. The molecule has 2 aromatic rings. The predicted molar refractivity (Wildman–Crippen MR) is 62.2 cm³/mol. The maximum Gasteiger partial charge on any atom is 0.171 e. The van der Waals surface area contributed by atoms with E-state index in [-0.39, 0.29) is 0 Å². The molecule has 0 aliphatic rings. The Morgan fingerprint density at radius 2 is 2.13 bits per heavy atom. The number of thiophene rings is 1. The normalized spacial score (nSPS) is 10.6. The minimum Gasteiger partial charge on any atom is -0.363 e. The predicted octanol–water partition coefficient (Wildman–Crippen LogP) is 2.40. The monoisotopic (exact) mass is 222 g/mol. The van der Waals surface area contributed by atoms with Gasteiger partial charge in [0.1, 0.15) is 5.69 Å². The highest BCUT2D eigenvalue weighted by molar-refractivity contribution is 7.12. The number of aromatic amines is 1. The minimum atomic E-state index is 0.809. The zero-order chi connectivity index (χ0) is 10.8. The first-order valence-corrected chi connectivity index (χ1v) is 5.65. The molecule has 80 valence electrons. The van der Waals surface area contributed by atoms with Crippen LogP contribution in [0.3, 0.4) is 0 Å². The van der Waals surface area contributed by atoms with Gasteiger partial charge in [0.25, 0.3) is 0 Å². The van der Waals surface area contributed by atoms with Crippen molar-refractivity contribution in [2.45, 2.75) is 27.3 Å². The van der Waals surface area contributed by atoms with Crippen LogP contribution in [0.5, 0.6) is 0 Å². The summed E-state index contributed by atoms with van der Waals surface area (Å²) in [6.07, 6.45) is 0. The van der Waals surface area contributed by atoms with Gasteiger partial charge in [-0.1, -0.05) is 0 Å². The van der Waals surface area contributed by atoms with E-state index in [1.165, 1.54) is 15.3 Å². The van der Waals surface area contributed by atoms with E-state index >= 15 is 0 Å². The second-order valence-corrected chi connectivity index (χ2v) is 5.01. The van der Waals surface area contributed by atoms with Crippen LogP contribution >= 0.6 is 11.3 Å². The maximum absolute atomic E-state index is 4.02. The summed E-state index contributed by atoms with van der Waals surface area (Å²) < 4.78 is 0. The van der Waals surface area contributed by atoms with Gasteiger partial charge in [-0.3, -0.25) is 0 Å². The molecule has 0 saturated carbocycles. The van der Waals surface area contributed by atoms with E-state index in [9.17, 15) is 0 Å². The van der Waals surface area contributed by atoms with Gasteiger partial charge >= 0.3 is 0 Å². The molecular formula is C10H14N4S. The van der Waals surface area contributed by atoms with Crippen molar-refractivity contribution in [3.63, 3.8) is 0 Å². The van der Waals surface area contributed by atoms with Crippen LogP contribution in [0.2, 0.25) is 0 Å². The largest absolute Gasteiger partial charge is 0.363 e. The number of nitrogens with one attached hydrogen (secondary N) is 2.